The van der Waals surface area contributed by atoms with Crippen molar-refractivity contribution < 1.29 is 9.53 Å². The quantitative estimate of drug-likeness (QED) is 0.726. The maximum Gasteiger partial charge on any atom is 0.307 e. The second-order valence-electron chi connectivity index (χ2n) is 4.70. The molecule has 0 aliphatic rings. The van der Waals surface area contributed by atoms with Crippen LogP contribution in [0.4, 0.5) is 0 Å². The highest BCUT2D eigenvalue weighted by Crippen LogP contribution is 2.12. The largest absolute Gasteiger partial charge is 0.466 e. The van der Waals surface area contributed by atoms with Gasteiger partial charge in [-0.25, -0.2) is 0 Å². The fraction of sp³-hybridized carbons (Fsp3) is 0.533. The summed E-state index contributed by atoms with van der Waals surface area (Å²) in [7, 11) is 2.04. The predicted molar refractivity (Wildman–Crippen MR) is 73.4 cm³/mol. The Balaban J connectivity index is 2.52. The predicted octanol–water partition coefficient (Wildman–Crippen LogP) is 2.77. The molecule has 0 spiro atoms. The third-order valence-electron chi connectivity index (χ3n) is 3.20. The van der Waals surface area contributed by atoms with Crippen LogP contribution in [0.2, 0.25) is 0 Å². The van der Waals surface area contributed by atoms with Crippen LogP contribution in [-0.2, 0) is 16.1 Å². The van der Waals surface area contributed by atoms with E-state index in [2.05, 4.69) is 30.9 Å². The number of rotatable bonds is 6. The first kappa shape index (κ1) is 14.7. The van der Waals surface area contributed by atoms with Gasteiger partial charge in [0, 0.05) is 12.6 Å². The van der Waals surface area contributed by atoms with E-state index in [9.17, 15) is 4.79 Å². The van der Waals surface area contributed by atoms with Gasteiger partial charge < -0.3 is 4.74 Å². The van der Waals surface area contributed by atoms with Crippen LogP contribution in [0.25, 0.3) is 0 Å². The summed E-state index contributed by atoms with van der Waals surface area (Å²) in [5.41, 5.74) is 2.59. The van der Waals surface area contributed by atoms with Crippen molar-refractivity contribution in [1.29, 1.82) is 0 Å². The Kier molecular flexibility index (Phi) is 5.86. The van der Waals surface area contributed by atoms with Crippen molar-refractivity contribution in [1.82, 2.24) is 4.90 Å². The van der Waals surface area contributed by atoms with Crippen LogP contribution in [0.15, 0.2) is 24.3 Å². The maximum absolute atomic E-state index is 11.4. The van der Waals surface area contributed by atoms with Crippen LogP contribution in [0.1, 0.15) is 31.4 Å². The van der Waals surface area contributed by atoms with Crippen LogP contribution in [0, 0.1) is 6.92 Å². The van der Waals surface area contributed by atoms with Gasteiger partial charge in [0.2, 0.25) is 0 Å². The van der Waals surface area contributed by atoms with Gasteiger partial charge in [-0.05, 0) is 38.9 Å². The van der Waals surface area contributed by atoms with Crippen LogP contribution < -0.4 is 0 Å². The highest BCUT2D eigenvalue weighted by Gasteiger charge is 2.15. The first-order valence-electron chi connectivity index (χ1n) is 6.45. The van der Waals surface area contributed by atoms with Gasteiger partial charge in [-0.3, -0.25) is 9.69 Å². The lowest BCUT2D eigenvalue weighted by molar-refractivity contribution is -0.144. The minimum atomic E-state index is -0.123. The van der Waals surface area contributed by atoms with Crippen molar-refractivity contribution >= 4 is 5.97 Å². The van der Waals surface area contributed by atoms with Gasteiger partial charge in [-0.1, -0.05) is 24.3 Å². The Bertz CT molecular complexity index is 390. The van der Waals surface area contributed by atoms with Crippen molar-refractivity contribution in [3.05, 3.63) is 35.4 Å². The molecule has 100 valence electrons. The fourth-order valence-corrected chi connectivity index (χ4v) is 1.83. The van der Waals surface area contributed by atoms with Gasteiger partial charge >= 0.3 is 5.97 Å². The van der Waals surface area contributed by atoms with Crippen molar-refractivity contribution in [3.8, 4) is 0 Å². The van der Waals surface area contributed by atoms with Crippen LogP contribution in [-0.4, -0.2) is 30.6 Å². The number of hydrogen-bond acceptors (Lipinski definition) is 3. The molecule has 1 aromatic rings. The number of carbonyl (C=O) groups excluding carboxylic acids is 1. The molecule has 0 heterocycles. The molecule has 1 atom stereocenters. The molecule has 3 nitrogen and oxygen atoms in total. The number of hydrogen-bond donors (Lipinski definition) is 0. The lowest BCUT2D eigenvalue weighted by Crippen LogP contribution is -2.31. The van der Waals surface area contributed by atoms with Crippen molar-refractivity contribution in [2.75, 3.05) is 13.7 Å². The lowest BCUT2D eigenvalue weighted by atomic mass is 10.1. The lowest BCUT2D eigenvalue weighted by Gasteiger charge is -2.24. The molecule has 1 rings (SSSR count). The third kappa shape index (κ3) is 4.49. The molecule has 0 aliphatic heterocycles. The second-order valence-corrected chi connectivity index (χ2v) is 4.70. The van der Waals surface area contributed by atoms with E-state index in [1.165, 1.54) is 11.1 Å². The number of nitrogens with zero attached hydrogens (tertiary/aromatic N) is 1. The molecule has 3 heteroatoms. The van der Waals surface area contributed by atoms with E-state index in [-0.39, 0.29) is 12.0 Å². The van der Waals surface area contributed by atoms with Gasteiger partial charge in [-0.15, -0.1) is 0 Å². The molecule has 1 unspecified atom stereocenters. The van der Waals surface area contributed by atoms with Gasteiger partial charge in [0.05, 0.1) is 13.0 Å². The third-order valence-corrected chi connectivity index (χ3v) is 3.20. The van der Waals surface area contributed by atoms with E-state index in [0.717, 1.165) is 6.54 Å². The highest BCUT2D eigenvalue weighted by atomic mass is 16.5. The molecule has 0 radical (unpaired) electrons. The van der Waals surface area contributed by atoms with E-state index in [1.807, 2.05) is 26.1 Å². The van der Waals surface area contributed by atoms with E-state index >= 15 is 0 Å². The molecular formula is C15H23NO2. The van der Waals surface area contributed by atoms with Crippen LogP contribution in [0.5, 0.6) is 0 Å². The van der Waals surface area contributed by atoms with Crippen molar-refractivity contribution in [2.45, 2.75) is 39.8 Å². The Morgan fingerprint density at radius 1 is 1.39 bits per heavy atom. The smallest absolute Gasteiger partial charge is 0.307 e. The topological polar surface area (TPSA) is 29.5 Å². The molecule has 0 N–H and O–H groups in total. The normalized spacial score (nSPS) is 12.5. The molecule has 0 bridgehead atoms. The highest BCUT2D eigenvalue weighted by molar-refractivity contribution is 5.70. The Hall–Kier alpha value is -1.35. The molecule has 0 fully saturated rings. The van der Waals surface area contributed by atoms with Crippen molar-refractivity contribution in [3.63, 3.8) is 0 Å². The van der Waals surface area contributed by atoms with Gasteiger partial charge in [-0.2, -0.15) is 0 Å². The molecule has 0 amide bonds. The van der Waals surface area contributed by atoms with E-state index in [1.54, 1.807) is 0 Å². The number of esters is 1. The molecule has 0 aromatic heterocycles. The minimum Gasteiger partial charge on any atom is -0.466 e. The van der Waals surface area contributed by atoms with Gasteiger partial charge in [0.15, 0.2) is 0 Å². The fourth-order valence-electron chi connectivity index (χ4n) is 1.83. The molecule has 0 saturated carbocycles. The number of benzene rings is 1. The molecule has 0 aliphatic carbocycles. The van der Waals surface area contributed by atoms with Gasteiger partial charge in [0.25, 0.3) is 0 Å². The molecule has 1 aromatic carbocycles. The van der Waals surface area contributed by atoms with Crippen LogP contribution in [0.3, 0.4) is 0 Å². The SMILES string of the molecule is CCOC(=O)CC(C)N(C)Cc1ccccc1C. The Morgan fingerprint density at radius 3 is 2.67 bits per heavy atom. The van der Waals surface area contributed by atoms with Gasteiger partial charge in [0.1, 0.15) is 0 Å². The summed E-state index contributed by atoms with van der Waals surface area (Å²) in [5, 5.41) is 0. The average Bonchev–Trinajstić information content (AvgIpc) is 2.32. The summed E-state index contributed by atoms with van der Waals surface area (Å²) in [6, 6.07) is 8.51. The zero-order valence-corrected chi connectivity index (χ0v) is 11.8. The monoisotopic (exact) mass is 249 g/mol. The van der Waals surface area contributed by atoms with Crippen LogP contribution >= 0.6 is 0 Å². The number of carbonyl (C=O) groups is 1. The molecule has 0 saturated heterocycles. The van der Waals surface area contributed by atoms with E-state index < -0.39 is 0 Å². The van der Waals surface area contributed by atoms with E-state index in [4.69, 9.17) is 4.74 Å². The summed E-state index contributed by atoms with van der Waals surface area (Å²) in [4.78, 5) is 13.6. The zero-order valence-electron chi connectivity index (χ0n) is 11.8. The number of aryl methyl sites for hydroxylation is 1. The summed E-state index contributed by atoms with van der Waals surface area (Å²) in [6.07, 6.45) is 0.441. The summed E-state index contributed by atoms with van der Waals surface area (Å²) in [6.45, 7) is 7.30. The Labute approximate surface area is 110 Å². The van der Waals surface area contributed by atoms with E-state index in [0.29, 0.717) is 13.0 Å². The Morgan fingerprint density at radius 2 is 2.06 bits per heavy atom. The molecular weight excluding hydrogens is 226 g/mol. The minimum absolute atomic E-state index is 0.123. The standard InChI is InChI=1S/C15H23NO2/c1-5-18-15(17)10-13(3)16(4)11-14-9-7-6-8-12(14)2/h6-9,13H,5,10-11H2,1-4H3. The summed E-state index contributed by atoms with van der Waals surface area (Å²) >= 11 is 0. The second kappa shape index (κ2) is 7.17. The first-order valence-corrected chi connectivity index (χ1v) is 6.45. The number of ether oxygens (including phenoxy) is 1. The zero-order chi connectivity index (χ0) is 13.5. The average molecular weight is 249 g/mol. The molecule has 18 heavy (non-hydrogen) atoms. The summed E-state index contributed by atoms with van der Waals surface area (Å²) in [5.74, 6) is -0.123. The first-order chi connectivity index (χ1) is 8.54. The maximum atomic E-state index is 11.4. The summed E-state index contributed by atoms with van der Waals surface area (Å²) < 4.78 is 4.97. The van der Waals surface area contributed by atoms with Crippen molar-refractivity contribution in [2.24, 2.45) is 0 Å².